The van der Waals surface area contributed by atoms with E-state index in [9.17, 15) is 9.59 Å². The Morgan fingerprint density at radius 2 is 2.24 bits per heavy atom. The second kappa shape index (κ2) is 6.92. The Morgan fingerprint density at radius 1 is 1.43 bits per heavy atom. The highest BCUT2D eigenvalue weighted by molar-refractivity contribution is 5.89. The maximum atomic E-state index is 12.1. The molecule has 0 spiro atoms. The molecule has 0 fully saturated rings. The monoisotopic (exact) mass is 290 g/mol. The fourth-order valence-electron chi connectivity index (χ4n) is 2.03. The van der Waals surface area contributed by atoms with Crippen LogP contribution in [-0.2, 0) is 4.74 Å². The summed E-state index contributed by atoms with van der Waals surface area (Å²) in [6, 6.07) is 0. The molecule has 0 aromatic carbocycles. The Labute approximate surface area is 122 Å². The highest BCUT2D eigenvalue weighted by atomic mass is 16.5. The maximum absolute atomic E-state index is 12.1. The zero-order valence-electron chi connectivity index (χ0n) is 12.1. The normalized spacial score (nSPS) is 17.2. The van der Waals surface area contributed by atoms with Crippen molar-refractivity contribution in [2.75, 3.05) is 13.2 Å². The van der Waals surface area contributed by atoms with Gasteiger partial charge in [-0.2, -0.15) is 0 Å². The van der Waals surface area contributed by atoms with Crippen LogP contribution in [0.1, 0.15) is 30.6 Å². The third-order valence-corrected chi connectivity index (χ3v) is 3.06. The molecule has 0 amide bonds. The highest BCUT2D eigenvalue weighted by Gasteiger charge is 2.16. The number of rotatable bonds is 5. The van der Waals surface area contributed by atoms with Crippen molar-refractivity contribution >= 4 is 5.97 Å². The van der Waals surface area contributed by atoms with Gasteiger partial charge in [-0.05, 0) is 24.8 Å². The Kier molecular flexibility index (Phi) is 4.98. The fourth-order valence-corrected chi connectivity index (χ4v) is 2.03. The SMILES string of the molecule is CCOC(=O)c1cocc(OCC2=CC(C)CC=C2)c1=O. The minimum absolute atomic E-state index is 0.00748. The third kappa shape index (κ3) is 3.84. The molecule has 5 nitrogen and oxygen atoms in total. The van der Waals surface area contributed by atoms with E-state index < -0.39 is 11.4 Å². The highest BCUT2D eigenvalue weighted by Crippen LogP contribution is 2.17. The Balaban J connectivity index is 2.11. The van der Waals surface area contributed by atoms with Crippen LogP contribution in [0.15, 0.2) is 45.5 Å². The summed E-state index contributed by atoms with van der Waals surface area (Å²) in [7, 11) is 0. The van der Waals surface area contributed by atoms with Crippen LogP contribution in [0.5, 0.6) is 5.75 Å². The standard InChI is InChI=1S/C16H18O5/c1-3-20-16(18)13-9-19-10-14(15(13)17)21-8-12-6-4-5-11(2)7-12/h4,6-7,9-11H,3,5,8H2,1-2H3. The average molecular weight is 290 g/mol. The first-order valence-corrected chi connectivity index (χ1v) is 6.89. The van der Waals surface area contributed by atoms with Gasteiger partial charge in [0.25, 0.3) is 0 Å². The molecule has 0 aliphatic heterocycles. The Morgan fingerprint density at radius 3 is 2.95 bits per heavy atom. The van der Waals surface area contributed by atoms with Crippen LogP contribution in [0.2, 0.25) is 0 Å². The lowest BCUT2D eigenvalue weighted by molar-refractivity contribution is 0.0521. The Hall–Kier alpha value is -2.30. The van der Waals surface area contributed by atoms with Gasteiger partial charge in [-0.15, -0.1) is 0 Å². The molecule has 0 radical (unpaired) electrons. The van der Waals surface area contributed by atoms with Gasteiger partial charge in [0.1, 0.15) is 24.7 Å². The van der Waals surface area contributed by atoms with Crippen molar-refractivity contribution in [3.63, 3.8) is 0 Å². The van der Waals surface area contributed by atoms with Gasteiger partial charge < -0.3 is 13.9 Å². The number of allylic oxidation sites excluding steroid dienone is 2. The molecule has 1 aliphatic rings. The quantitative estimate of drug-likeness (QED) is 0.780. The van der Waals surface area contributed by atoms with Crippen molar-refractivity contribution in [1.29, 1.82) is 0 Å². The molecule has 1 aliphatic carbocycles. The van der Waals surface area contributed by atoms with Crippen molar-refractivity contribution in [2.45, 2.75) is 20.3 Å². The van der Waals surface area contributed by atoms with Crippen molar-refractivity contribution in [3.05, 3.63) is 52.1 Å². The van der Waals surface area contributed by atoms with E-state index in [2.05, 4.69) is 19.1 Å². The molecule has 2 rings (SSSR count). The van der Waals surface area contributed by atoms with Crippen LogP contribution in [0.25, 0.3) is 0 Å². The minimum Gasteiger partial charge on any atom is -0.482 e. The maximum Gasteiger partial charge on any atom is 0.345 e. The predicted octanol–water partition coefficient (Wildman–Crippen LogP) is 2.72. The van der Waals surface area contributed by atoms with Crippen LogP contribution >= 0.6 is 0 Å². The third-order valence-electron chi connectivity index (χ3n) is 3.06. The van der Waals surface area contributed by atoms with Crippen LogP contribution in [0, 0.1) is 5.92 Å². The van der Waals surface area contributed by atoms with Crippen molar-refractivity contribution in [2.24, 2.45) is 5.92 Å². The summed E-state index contributed by atoms with van der Waals surface area (Å²) >= 11 is 0. The summed E-state index contributed by atoms with van der Waals surface area (Å²) in [6.45, 7) is 4.24. The smallest absolute Gasteiger partial charge is 0.345 e. The van der Waals surface area contributed by atoms with Gasteiger partial charge in [0.2, 0.25) is 11.2 Å². The first kappa shape index (κ1) is 15.1. The number of carbonyl (C=O) groups is 1. The predicted molar refractivity (Wildman–Crippen MR) is 77.4 cm³/mol. The number of hydrogen-bond acceptors (Lipinski definition) is 5. The second-order valence-electron chi connectivity index (χ2n) is 4.84. The Bertz CT molecular complexity index is 624. The lowest BCUT2D eigenvalue weighted by Gasteiger charge is -2.13. The number of carbonyl (C=O) groups excluding carboxylic acids is 1. The van der Waals surface area contributed by atoms with Crippen molar-refractivity contribution in [3.8, 4) is 5.75 Å². The first-order valence-electron chi connectivity index (χ1n) is 6.89. The lowest BCUT2D eigenvalue weighted by Crippen LogP contribution is -2.19. The van der Waals surface area contributed by atoms with Gasteiger partial charge in [-0.3, -0.25) is 4.79 Å². The zero-order chi connectivity index (χ0) is 15.2. The van der Waals surface area contributed by atoms with Crippen LogP contribution in [0.3, 0.4) is 0 Å². The second-order valence-corrected chi connectivity index (χ2v) is 4.84. The summed E-state index contributed by atoms with van der Waals surface area (Å²) in [5.41, 5.74) is 0.318. The fraction of sp³-hybridized carbons (Fsp3) is 0.375. The first-order chi connectivity index (χ1) is 10.1. The molecule has 21 heavy (non-hydrogen) atoms. The molecular weight excluding hydrogens is 272 g/mol. The largest absolute Gasteiger partial charge is 0.482 e. The van der Waals surface area contributed by atoms with Gasteiger partial charge in [-0.25, -0.2) is 4.79 Å². The van der Waals surface area contributed by atoms with Crippen molar-refractivity contribution < 1.29 is 18.7 Å². The molecule has 0 bridgehead atoms. The molecule has 1 atom stereocenters. The van der Waals surface area contributed by atoms with E-state index in [1.54, 1.807) is 6.92 Å². The zero-order valence-corrected chi connectivity index (χ0v) is 12.1. The molecule has 1 unspecified atom stereocenters. The van der Waals surface area contributed by atoms with Crippen LogP contribution in [0.4, 0.5) is 0 Å². The van der Waals surface area contributed by atoms with Gasteiger partial charge in [0.15, 0.2) is 0 Å². The minimum atomic E-state index is -0.706. The number of hydrogen-bond donors (Lipinski definition) is 0. The van der Waals surface area contributed by atoms with Gasteiger partial charge >= 0.3 is 5.97 Å². The van der Waals surface area contributed by atoms with E-state index in [0.717, 1.165) is 18.3 Å². The summed E-state index contributed by atoms with van der Waals surface area (Å²) in [6.07, 6.45) is 9.41. The van der Waals surface area contributed by atoms with E-state index in [1.165, 1.54) is 6.26 Å². The average Bonchev–Trinajstić information content (AvgIpc) is 2.46. The van der Waals surface area contributed by atoms with E-state index in [4.69, 9.17) is 13.9 Å². The summed E-state index contributed by atoms with van der Waals surface area (Å²) < 4.78 is 15.2. The number of esters is 1. The van der Waals surface area contributed by atoms with Crippen molar-refractivity contribution in [1.82, 2.24) is 0 Å². The molecule has 0 saturated heterocycles. The molecule has 0 N–H and O–H groups in total. The van der Waals surface area contributed by atoms with Gasteiger partial charge in [-0.1, -0.05) is 25.2 Å². The number of ether oxygens (including phenoxy) is 2. The van der Waals surface area contributed by atoms with E-state index >= 15 is 0 Å². The molecule has 1 heterocycles. The van der Waals surface area contributed by atoms with E-state index in [0.29, 0.717) is 5.92 Å². The van der Waals surface area contributed by atoms with E-state index in [-0.39, 0.29) is 24.5 Å². The molecule has 5 heteroatoms. The summed E-state index contributed by atoms with van der Waals surface area (Å²) in [4.78, 5) is 23.7. The molecule has 1 aromatic rings. The summed E-state index contributed by atoms with van der Waals surface area (Å²) in [5.74, 6) is -0.244. The summed E-state index contributed by atoms with van der Waals surface area (Å²) in [5, 5.41) is 0. The van der Waals surface area contributed by atoms with Crippen LogP contribution < -0.4 is 10.2 Å². The van der Waals surface area contributed by atoms with Crippen LogP contribution in [-0.4, -0.2) is 19.2 Å². The molecule has 1 aromatic heterocycles. The van der Waals surface area contributed by atoms with Gasteiger partial charge in [0.05, 0.1) is 6.61 Å². The van der Waals surface area contributed by atoms with Gasteiger partial charge in [0, 0.05) is 0 Å². The molecule has 112 valence electrons. The molecule has 0 saturated carbocycles. The molecular formula is C16H18O5. The topological polar surface area (TPSA) is 65.7 Å². The van der Waals surface area contributed by atoms with E-state index in [1.807, 2.05) is 6.08 Å². The lowest BCUT2D eigenvalue weighted by atomic mass is 9.98.